The lowest BCUT2D eigenvalue weighted by atomic mass is 9.76. The van der Waals surface area contributed by atoms with Crippen molar-refractivity contribution in [2.75, 3.05) is 19.0 Å². The number of alkyl halides is 6. The molecular formula is C57H70Cl4F6N4O3SSi. The number of aryl methyl sites for hydroxylation is 2. The topological polar surface area (TPSA) is 92.1 Å². The van der Waals surface area contributed by atoms with Gasteiger partial charge in [-0.1, -0.05) is 132 Å². The van der Waals surface area contributed by atoms with Gasteiger partial charge in [-0.15, -0.1) is 11.8 Å². The molecule has 3 atom stereocenters. The second kappa shape index (κ2) is 26.3. The number of thioether (sulfide) groups is 1. The zero-order valence-electron chi connectivity index (χ0n) is 45.3. The van der Waals surface area contributed by atoms with E-state index in [1.165, 1.54) is 53.1 Å². The van der Waals surface area contributed by atoms with Crippen LogP contribution in [0.2, 0.25) is 39.7 Å². The minimum absolute atomic E-state index is 0.00439. The monoisotopic (exact) mass is 1170 g/mol. The highest BCUT2D eigenvalue weighted by Gasteiger charge is 2.58. The molecular weight excluding hydrogens is 1100 g/mol. The molecule has 0 saturated heterocycles. The maximum Gasteiger partial charge on any atom is 0.416 e. The maximum absolute atomic E-state index is 14.4. The highest BCUT2D eigenvalue weighted by molar-refractivity contribution is 8.13. The number of alkyl carbamates (subject to hydrolysis) is 1. The Labute approximate surface area is 470 Å². The van der Waals surface area contributed by atoms with Crippen LogP contribution in [0.3, 0.4) is 0 Å². The van der Waals surface area contributed by atoms with E-state index in [0.29, 0.717) is 17.7 Å². The molecule has 1 heterocycles. The number of fused-ring (bicyclic) bond motifs is 2. The first-order chi connectivity index (χ1) is 35.1. The molecule has 0 bridgehead atoms. The summed E-state index contributed by atoms with van der Waals surface area (Å²) in [5, 5.41) is 7.85. The Kier molecular flexibility index (Phi) is 22.3. The highest BCUT2D eigenvalue weighted by Crippen LogP contribution is 2.49. The largest absolute Gasteiger partial charge is 0.444 e. The summed E-state index contributed by atoms with van der Waals surface area (Å²) in [5.41, 5.74) is 3.05. The average molecular weight is 1180 g/mol. The van der Waals surface area contributed by atoms with Gasteiger partial charge in [0.15, 0.2) is 0 Å². The van der Waals surface area contributed by atoms with Crippen LogP contribution in [0.1, 0.15) is 138 Å². The molecule has 7 rings (SSSR count). The van der Waals surface area contributed by atoms with Gasteiger partial charge in [0.2, 0.25) is 5.91 Å². The van der Waals surface area contributed by atoms with Crippen LogP contribution < -0.4 is 10.6 Å². The number of benzene rings is 4. The molecule has 4 aromatic carbocycles. The molecule has 2 N–H and O–H groups in total. The molecule has 0 radical (unpaired) electrons. The van der Waals surface area contributed by atoms with E-state index in [2.05, 4.69) is 66.3 Å². The molecule has 416 valence electrons. The molecule has 2 amide bonds. The van der Waals surface area contributed by atoms with E-state index in [1.54, 1.807) is 11.8 Å². The first-order valence-corrected chi connectivity index (χ1v) is 31.4. The van der Waals surface area contributed by atoms with E-state index < -0.39 is 43.6 Å². The van der Waals surface area contributed by atoms with Gasteiger partial charge in [-0.3, -0.25) is 14.8 Å². The van der Waals surface area contributed by atoms with Crippen molar-refractivity contribution in [3.05, 3.63) is 144 Å². The Balaban J connectivity index is 0.000000262. The van der Waals surface area contributed by atoms with Crippen LogP contribution in [-0.4, -0.2) is 67.8 Å². The molecule has 0 spiro atoms. The van der Waals surface area contributed by atoms with Gasteiger partial charge < -0.3 is 15.4 Å². The van der Waals surface area contributed by atoms with Gasteiger partial charge in [0, 0.05) is 50.4 Å². The van der Waals surface area contributed by atoms with Gasteiger partial charge >= 0.3 is 18.4 Å². The third-order valence-corrected chi connectivity index (χ3v) is 14.9. The van der Waals surface area contributed by atoms with E-state index in [-0.39, 0.29) is 67.1 Å². The van der Waals surface area contributed by atoms with Crippen LogP contribution in [0.5, 0.6) is 0 Å². The number of halogens is 10. The molecule has 1 aliphatic heterocycles. The molecule has 7 nitrogen and oxygen atoms in total. The number of aliphatic imine (C=N–C) groups is 2. The van der Waals surface area contributed by atoms with Crippen LogP contribution in [0.15, 0.2) is 89.4 Å². The molecule has 19 heteroatoms. The fourth-order valence-electron chi connectivity index (χ4n) is 8.70. The van der Waals surface area contributed by atoms with Crippen molar-refractivity contribution in [1.82, 2.24) is 10.6 Å². The summed E-state index contributed by atoms with van der Waals surface area (Å²) in [6.07, 6.45) is -2.73. The number of carbonyl (C=O) groups is 2. The van der Waals surface area contributed by atoms with Gasteiger partial charge in [-0.05, 0) is 146 Å². The third-order valence-electron chi connectivity index (χ3n) is 12.1. The van der Waals surface area contributed by atoms with Crippen LogP contribution in [0, 0.1) is 5.41 Å². The lowest BCUT2D eigenvalue weighted by Gasteiger charge is -2.31. The van der Waals surface area contributed by atoms with E-state index in [9.17, 15) is 35.9 Å². The predicted molar refractivity (Wildman–Crippen MR) is 308 cm³/mol. The summed E-state index contributed by atoms with van der Waals surface area (Å²) >= 11 is 24.9. The summed E-state index contributed by atoms with van der Waals surface area (Å²) < 4.78 is 85.1. The zero-order valence-corrected chi connectivity index (χ0v) is 50.1. The Morgan fingerprint density at radius 3 is 1.76 bits per heavy atom. The number of nitrogens with zero attached hydrogens (tertiary/aromatic N) is 2. The first-order valence-electron chi connectivity index (χ1n) is 25.0. The lowest BCUT2D eigenvalue weighted by molar-refractivity contribution is -0.183. The van der Waals surface area contributed by atoms with Crippen molar-refractivity contribution in [1.29, 1.82) is 0 Å². The van der Waals surface area contributed by atoms with E-state index >= 15 is 0 Å². The summed E-state index contributed by atoms with van der Waals surface area (Å²) in [6, 6.07) is 19.9. The Hall–Kier alpha value is -3.99. The smallest absolute Gasteiger partial charge is 0.416 e. The molecule has 0 fully saturated rings. The maximum atomic E-state index is 14.4. The van der Waals surface area contributed by atoms with Crippen molar-refractivity contribution in [2.24, 2.45) is 15.4 Å². The van der Waals surface area contributed by atoms with E-state index in [4.69, 9.17) is 56.1 Å². The molecule has 3 aliphatic rings. The Morgan fingerprint density at radius 1 is 0.763 bits per heavy atom. The summed E-state index contributed by atoms with van der Waals surface area (Å²) in [6.45, 7) is 25.2. The zero-order chi connectivity index (χ0) is 57.4. The predicted octanol–water partition coefficient (Wildman–Crippen LogP) is 18.0. The average Bonchev–Trinajstić information content (AvgIpc) is 4.03. The number of rotatable bonds is 9. The third kappa shape index (κ3) is 18.6. The Morgan fingerprint density at radius 2 is 1.28 bits per heavy atom. The Bertz CT molecular complexity index is 2750. The molecule has 76 heavy (non-hydrogen) atoms. The molecule has 3 unspecified atom stereocenters. The van der Waals surface area contributed by atoms with E-state index in [1.807, 2.05) is 73.6 Å². The van der Waals surface area contributed by atoms with Gasteiger partial charge in [0.25, 0.3) is 0 Å². The van der Waals surface area contributed by atoms with Crippen molar-refractivity contribution < 1.29 is 40.7 Å². The molecule has 0 aromatic heterocycles. The van der Waals surface area contributed by atoms with Crippen LogP contribution in [0.25, 0.3) is 5.57 Å². The van der Waals surface area contributed by atoms with Gasteiger partial charge in [0.05, 0.1) is 37.3 Å². The molecule has 4 aromatic rings. The standard InChI is InChI=1S/C26H27Cl2F3N2O.C20H32N2O2SSi.C9H5Cl2F3.C2H6/c1-24(2,3)13-23(34)33-21-7-5-15-8-16(4-6-20(15)21)22-12-25(14-32-22,26(29,30)31)17-9-18(27)11-19(28)10-17;1-20(2,3)24-19(23)22-17-11-9-14-12-15(8-10-16(14)17)18(25-4)21-13-26(5,6)7;1-5(9(12,13)14)6-2-7(10)4-8(11)3-6;1-2/h4,6,8-11,21H,5,7,12-14H2,1-3H3,(H,33,34);8,10,12,17H,9,11,13H2,1-7H3,(H,22,23);2-4H,1H2;1-2H3. The highest BCUT2D eigenvalue weighted by atomic mass is 35.5. The van der Waals surface area contributed by atoms with Crippen LogP contribution in [-0.2, 0) is 27.8 Å². The number of carbonyl (C=O) groups excluding carboxylic acids is 2. The fourth-order valence-corrected chi connectivity index (χ4v) is 11.1. The fraction of sp³-hybridized carbons (Fsp3) is 0.474. The molecule has 2 aliphatic carbocycles. The number of allylic oxidation sites excluding steroid dienone is 1. The number of amides is 2. The minimum atomic E-state index is -4.52. The number of nitrogens with one attached hydrogen (secondary N) is 2. The number of hydrogen-bond donors (Lipinski definition) is 2. The van der Waals surface area contributed by atoms with Crippen LogP contribution in [0.4, 0.5) is 31.1 Å². The lowest BCUT2D eigenvalue weighted by Crippen LogP contribution is -2.43. The van der Waals surface area contributed by atoms with E-state index in [0.717, 1.165) is 48.0 Å². The second-order valence-electron chi connectivity index (χ2n) is 22.2. The number of hydrogen-bond acceptors (Lipinski definition) is 6. The summed E-state index contributed by atoms with van der Waals surface area (Å²) in [5.74, 6) is 0.00439. The van der Waals surface area contributed by atoms with Crippen LogP contribution >= 0.6 is 58.2 Å². The quantitative estimate of drug-likeness (QED) is 0.0756. The second-order valence-corrected chi connectivity index (χ2v) is 30.1. The number of ether oxygens (including phenoxy) is 1. The normalized spacial score (nSPS) is 18.3. The van der Waals surface area contributed by atoms with Gasteiger partial charge in [-0.2, -0.15) is 26.3 Å². The van der Waals surface area contributed by atoms with Crippen molar-refractivity contribution in [3.63, 3.8) is 0 Å². The van der Waals surface area contributed by atoms with Crippen molar-refractivity contribution in [3.8, 4) is 0 Å². The van der Waals surface area contributed by atoms with Gasteiger partial charge in [-0.25, -0.2) is 4.79 Å². The van der Waals surface area contributed by atoms with Crippen molar-refractivity contribution in [2.45, 2.75) is 149 Å². The minimum Gasteiger partial charge on any atom is -0.444 e. The SMILES string of the molecule is C=C(c1cc(Cl)cc(Cl)c1)C(F)(F)F.CC.CC(C)(C)CC(=O)NC1CCc2cc(C3=NCC(c4cc(Cl)cc(Cl)c4)(C(F)(F)F)C3)ccc21.CSC(=NC[Si](C)(C)C)c1ccc2c(c1)CCC2NC(=O)OC(C)(C)C. The van der Waals surface area contributed by atoms with Gasteiger partial charge in [0.1, 0.15) is 11.0 Å². The molecule has 0 saturated carbocycles. The van der Waals surface area contributed by atoms with Crippen molar-refractivity contribution >= 4 is 94.6 Å². The summed E-state index contributed by atoms with van der Waals surface area (Å²) in [4.78, 5) is 33.7. The summed E-state index contributed by atoms with van der Waals surface area (Å²) in [7, 11) is -1.20. The first kappa shape index (κ1) is 64.5.